The molecular weight excluding hydrogens is 308 g/mol. The molecule has 1 N–H and O–H groups in total. The second-order valence-corrected chi connectivity index (χ2v) is 6.55. The van der Waals surface area contributed by atoms with E-state index in [1.807, 2.05) is 6.07 Å². The van der Waals surface area contributed by atoms with Gasteiger partial charge in [0.2, 0.25) is 5.91 Å². The predicted octanol–water partition coefficient (Wildman–Crippen LogP) is 4.19. The van der Waals surface area contributed by atoms with Crippen LogP contribution in [0.5, 0.6) is 0 Å². The summed E-state index contributed by atoms with van der Waals surface area (Å²) in [5, 5.41) is 3.44. The first-order valence-electron chi connectivity index (χ1n) is 8.72. The molecule has 2 rings (SSSR count). The summed E-state index contributed by atoms with van der Waals surface area (Å²) in [6.45, 7) is 8.34. The molecule has 23 heavy (non-hydrogen) atoms. The van der Waals surface area contributed by atoms with Crippen molar-refractivity contribution in [2.75, 3.05) is 13.1 Å². The number of carbonyl (C=O) groups excluding carboxylic acids is 1. The highest BCUT2D eigenvalue weighted by Crippen LogP contribution is 2.26. The van der Waals surface area contributed by atoms with Gasteiger partial charge in [-0.15, -0.1) is 12.4 Å². The summed E-state index contributed by atoms with van der Waals surface area (Å²) in [4.78, 5) is 15.2. The second-order valence-electron chi connectivity index (χ2n) is 6.55. The molecule has 0 spiro atoms. The van der Waals surface area contributed by atoms with Gasteiger partial charge in [-0.3, -0.25) is 4.79 Å². The average molecular weight is 339 g/mol. The molecule has 1 heterocycles. The van der Waals surface area contributed by atoms with Crippen molar-refractivity contribution in [3.63, 3.8) is 0 Å². The van der Waals surface area contributed by atoms with E-state index in [-0.39, 0.29) is 24.4 Å². The van der Waals surface area contributed by atoms with E-state index in [2.05, 4.69) is 55.3 Å². The minimum atomic E-state index is 0. The van der Waals surface area contributed by atoms with Crippen molar-refractivity contribution in [1.82, 2.24) is 10.2 Å². The lowest BCUT2D eigenvalue weighted by Gasteiger charge is -2.35. The van der Waals surface area contributed by atoms with Gasteiger partial charge in [0.15, 0.2) is 0 Å². The van der Waals surface area contributed by atoms with Crippen LogP contribution in [-0.2, 0) is 4.79 Å². The third-order valence-electron chi connectivity index (χ3n) is 4.76. The topological polar surface area (TPSA) is 32.3 Å². The van der Waals surface area contributed by atoms with Crippen LogP contribution < -0.4 is 5.32 Å². The highest BCUT2D eigenvalue weighted by molar-refractivity contribution is 5.85. The molecule has 0 saturated carbocycles. The van der Waals surface area contributed by atoms with Crippen molar-refractivity contribution in [3.05, 3.63) is 35.9 Å². The van der Waals surface area contributed by atoms with Gasteiger partial charge in [0, 0.05) is 18.5 Å². The molecule has 1 amide bonds. The zero-order chi connectivity index (χ0) is 15.9. The Morgan fingerprint density at radius 1 is 1.35 bits per heavy atom. The van der Waals surface area contributed by atoms with E-state index in [1.165, 1.54) is 5.56 Å². The smallest absolute Gasteiger partial charge is 0.226 e. The molecule has 1 aliphatic heterocycles. The van der Waals surface area contributed by atoms with Gasteiger partial charge < -0.3 is 10.2 Å². The minimum absolute atomic E-state index is 0. The quantitative estimate of drug-likeness (QED) is 0.843. The largest absolute Gasteiger partial charge is 0.336 e. The van der Waals surface area contributed by atoms with E-state index in [4.69, 9.17) is 0 Å². The Bertz CT molecular complexity index is 466. The summed E-state index contributed by atoms with van der Waals surface area (Å²) in [6, 6.07) is 11.0. The van der Waals surface area contributed by atoms with Crippen LogP contribution in [-0.4, -0.2) is 29.9 Å². The number of benzene rings is 1. The lowest BCUT2D eigenvalue weighted by molar-refractivity contribution is -0.139. The summed E-state index contributed by atoms with van der Waals surface area (Å²) in [7, 11) is 0. The maximum atomic E-state index is 13.1. The van der Waals surface area contributed by atoms with Crippen LogP contribution in [0.1, 0.15) is 58.1 Å². The molecule has 0 aromatic heterocycles. The molecule has 3 nitrogen and oxygen atoms in total. The number of nitrogens with one attached hydrogen (secondary N) is 1. The van der Waals surface area contributed by atoms with Gasteiger partial charge in [-0.25, -0.2) is 0 Å². The van der Waals surface area contributed by atoms with Crippen molar-refractivity contribution in [2.24, 2.45) is 5.92 Å². The number of halogens is 1. The van der Waals surface area contributed by atoms with E-state index in [0.29, 0.717) is 11.9 Å². The van der Waals surface area contributed by atoms with Crippen LogP contribution in [0.15, 0.2) is 30.3 Å². The van der Waals surface area contributed by atoms with Crippen LogP contribution >= 0.6 is 12.4 Å². The van der Waals surface area contributed by atoms with Crippen molar-refractivity contribution in [3.8, 4) is 0 Å². The number of unbranched alkanes of at least 4 members (excludes halogenated alkanes) is 1. The van der Waals surface area contributed by atoms with E-state index in [1.54, 1.807) is 0 Å². The summed E-state index contributed by atoms with van der Waals surface area (Å²) in [5.74, 6) is 0.525. The SMILES string of the molecule is CCCCN(C(=O)[C@H]1CCN[C@@H](C)C1)C(C)c1ccccc1.Cl. The summed E-state index contributed by atoms with van der Waals surface area (Å²) >= 11 is 0. The van der Waals surface area contributed by atoms with Crippen LogP contribution in [0.3, 0.4) is 0 Å². The molecule has 1 fully saturated rings. The average Bonchev–Trinajstić information content (AvgIpc) is 2.55. The number of amides is 1. The van der Waals surface area contributed by atoms with Gasteiger partial charge in [0.25, 0.3) is 0 Å². The number of nitrogens with zero attached hydrogens (tertiary/aromatic N) is 1. The summed E-state index contributed by atoms with van der Waals surface area (Å²) < 4.78 is 0. The summed E-state index contributed by atoms with van der Waals surface area (Å²) in [5.41, 5.74) is 1.23. The number of rotatable bonds is 6. The predicted molar refractivity (Wildman–Crippen MR) is 98.9 cm³/mol. The Kier molecular flexibility index (Phi) is 8.64. The highest BCUT2D eigenvalue weighted by Gasteiger charge is 2.30. The van der Waals surface area contributed by atoms with Gasteiger partial charge in [-0.2, -0.15) is 0 Å². The van der Waals surface area contributed by atoms with Crippen molar-refractivity contribution >= 4 is 18.3 Å². The minimum Gasteiger partial charge on any atom is -0.336 e. The lowest BCUT2D eigenvalue weighted by atomic mass is 9.91. The number of carbonyl (C=O) groups is 1. The molecule has 4 heteroatoms. The zero-order valence-electron chi connectivity index (χ0n) is 14.6. The molecule has 0 aliphatic carbocycles. The number of hydrogen-bond donors (Lipinski definition) is 1. The molecule has 1 aromatic rings. The molecule has 0 bridgehead atoms. The van der Waals surface area contributed by atoms with E-state index in [0.717, 1.165) is 38.8 Å². The van der Waals surface area contributed by atoms with Gasteiger partial charge in [-0.05, 0) is 45.2 Å². The van der Waals surface area contributed by atoms with E-state index < -0.39 is 0 Å². The van der Waals surface area contributed by atoms with Crippen LogP contribution in [0.25, 0.3) is 0 Å². The molecule has 130 valence electrons. The first-order valence-corrected chi connectivity index (χ1v) is 8.72. The third-order valence-corrected chi connectivity index (χ3v) is 4.76. The Balaban J connectivity index is 0.00000264. The summed E-state index contributed by atoms with van der Waals surface area (Å²) in [6.07, 6.45) is 4.12. The van der Waals surface area contributed by atoms with Gasteiger partial charge >= 0.3 is 0 Å². The Hall–Kier alpha value is -1.06. The Morgan fingerprint density at radius 2 is 2.04 bits per heavy atom. The van der Waals surface area contributed by atoms with Crippen molar-refractivity contribution in [1.29, 1.82) is 0 Å². The van der Waals surface area contributed by atoms with Crippen LogP contribution in [0.2, 0.25) is 0 Å². The monoisotopic (exact) mass is 338 g/mol. The van der Waals surface area contributed by atoms with E-state index in [9.17, 15) is 4.79 Å². The van der Waals surface area contributed by atoms with Crippen LogP contribution in [0, 0.1) is 5.92 Å². The molecule has 3 atom stereocenters. The lowest BCUT2D eigenvalue weighted by Crippen LogP contribution is -2.45. The molecule has 1 aliphatic rings. The van der Waals surface area contributed by atoms with Gasteiger partial charge in [0.05, 0.1) is 6.04 Å². The third kappa shape index (κ3) is 5.50. The number of hydrogen-bond acceptors (Lipinski definition) is 2. The highest BCUT2D eigenvalue weighted by atomic mass is 35.5. The fourth-order valence-corrected chi connectivity index (χ4v) is 3.33. The standard InChI is InChI=1S/C19H30N2O.ClH/c1-4-5-13-21(16(3)17-9-7-6-8-10-17)19(22)18-11-12-20-15(2)14-18;/h6-10,15-16,18,20H,4-5,11-14H2,1-3H3;1H/t15-,16?,18-;/m0./s1. The molecule has 1 unspecified atom stereocenters. The van der Waals surface area contributed by atoms with Crippen LogP contribution in [0.4, 0.5) is 0 Å². The molecule has 1 aromatic carbocycles. The van der Waals surface area contributed by atoms with Gasteiger partial charge in [0.1, 0.15) is 0 Å². The fraction of sp³-hybridized carbons (Fsp3) is 0.632. The van der Waals surface area contributed by atoms with E-state index >= 15 is 0 Å². The first-order chi connectivity index (χ1) is 10.6. The van der Waals surface area contributed by atoms with Crippen molar-refractivity contribution < 1.29 is 4.79 Å². The second kappa shape index (κ2) is 9.94. The zero-order valence-corrected chi connectivity index (χ0v) is 15.4. The molecular formula is C19H31ClN2O. The first kappa shape index (κ1) is 20.0. The maximum Gasteiger partial charge on any atom is 0.226 e. The fourth-order valence-electron chi connectivity index (χ4n) is 3.33. The molecule has 1 saturated heterocycles. The van der Waals surface area contributed by atoms with Gasteiger partial charge in [-0.1, -0.05) is 43.7 Å². The van der Waals surface area contributed by atoms with Crippen molar-refractivity contribution in [2.45, 2.75) is 58.5 Å². The number of piperidine rings is 1. The Labute approximate surface area is 147 Å². The Morgan fingerprint density at radius 3 is 2.65 bits per heavy atom. The molecule has 0 radical (unpaired) electrons. The maximum absolute atomic E-state index is 13.1. The normalized spacial score (nSPS) is 22.0.